The van der Waals surface area contributed by atoms with Gasteiger partial charge in [-0.25, -0.2) is 0 Å². The largest absolute Gasteiger partial charge is 0.493 e. The molecule has 1 heterocycles. The zero-order valence-electron chi connectivity index (χ0n) is 16.2. The number of carbonyl (C=O) groups is 1. The second-order valence-electron chi connectivity index (χ2n) is 7.02. The third-order valence-corrected chi connectivity index (χ3v) is 4.58. The van der Waals surface area contributed by atoms with Crippen molar-refractivity contribution >= 4 is 11.6 Å². The minimum atomic E-state index is -0.0335. The van der Waals surface area contributed by atoms with Gasteiger partial charge in [-0.2, -0.15) is 0 Å². The van der Waals surface area contributed by atoms with E-state index in [-0.39, 0.29) is 5.91 Å². The fraction of sp³-hybridized carbons (Fsp3) is 0.409. The number of morpholine rings is 1. The number of carbonyl (C=O) groups excluding carboxylic acids is 1. The van der Waals surface area contributed by atoms with Gasteiger partial charge in [0.05, 0.1) is 26.2 Å². The quantitative estimate of drug-likeness (QED) is 0.812. The van der Waals surface area contributed by atoms with Gasteiger partial charge in [-0.15, -0.1) is 0 Å². The third kappa shape index (κ3) is 6.08. The topological polar surface area (TPSA) is 50.8 Å². The van der Waals surface area contributed by atoms with Crippen molar-refractivity contribution in [2.24, 2.45) is 0 Å². The number of hydrogen-bond acceptors (Lipinski definition) is 4. The molecule has 1 fully saturated rings. The number of benzene rings is 2. The Labute approximate surface area is 161 Å². The fourth-order valence-electron chi connectivity index (χ4n) is 3.27. The van der Waals surface area contributed by atoms with Gasteiger partial charge in [0, 0.05) is 25.3 Å². The molecule has 0 aromatic heterocycles. The normalized spacial score (nSPS) is 14.7. The highest BCUT2D eigenvalue weighted by Gasteiger charge is 2.13. The van der Waals surface area contributed by atoms with Crippen molar-refractivity contribution in [1.82, 2.24) is 4.90 Å². The Hall–Kier alpha value is -2.37. The molecule has 1 amide bonds. The average Bonchev–Trinajstić information content (AvgIpc) is 2.63. The predicted molar refractivity (Wildman–Crippen MR) is 107 cm³/mol. The van der Waals surface area contributed by atoms with E-state index in [1.54, 1.807) is 0 Å². The average molecular weight is 368 g/mol. The number of amides is 1. The molecule has 0 aliphatic carbocycles. The van der Waals surface area contributed by atoms with Crippen molar-refractivity contribution < 1.29 is 14.3 Å². The van der Waals surface area contributed by atoms with Gasteiger partial charge in [-0.05, 0) is 48.7 Å². The lowest BCUT2D eigenvalue weighted by atomic mass is 10.1. The summed E-state index contributed by atoms with van der Waals surface area (Å²) in [6.07, 6.45) is 0.318. The Kier molecular flexibility index (Phi) is 6.85. The van der Waals surface area contributed by atoms with Crippen molar-refractivity contribution in [3.8, 4) is 5.75 Å². The number of nitrogens with zero attached hydrogens (tertiary/aromatic N) is 1. The van der Waals surface area contributed by atoms with Gasteiger partial charge < -0.3 is 14.8 Å². The van der Waals surface area contributed by atoms with E-state index in [0.29, 0.717) is 13.0 Å². The Bertz CT molecular complexity index is 750. The maximum atomic E-state index is 12.4. The van der Waals surface area contributed by atoms with E-state index in [0.717, 1.165) is 61.0 Å². The van der Waals surface area contributed by atoms with Gasteiger partial charge in [0.1, 0.15) is 5.75 Å². The van der Waals surface area contributed by atoms with Crippen LogP contribution >= 0.6 is 0 Å². The molecule has 2 aromatic rings. The summed E-state index contributed by atoms with van der Waals surface area (Å²) in [5.74, 6) is 0.779. The molecular weight excluding hydrogens is 340 g/mol. The Morgan fingerprint density at radius 2 is 1.81 bits per heavy atom. The van der Waals surface area contributed by atoms with Crippen LogP contribution < -0.4 is 10.1 Å². The van der Waals surface area contributed by atoms with Gasteiger partial charge >= 0.3 is 0 Å². The molecule has 0 unspecified atom stereocenters. The summed E-state index contributed by atoms with van der Waals surface area (Å²) in [5.41, 5.74) is 4.32. The predicted octanol–water partition coefficient (Wildman–Crippen LogP) is 3.54. The van der Waals surface area contributed by atoms with Crippen LogP contribution in [0, 0.1) is 13.8 Å². The monoisotopic (exact) mass is 368 g/mol. The van der Waals surface area contributed by atoms with Crippen LogP contribution in [0.25, 0.3) is 0 Å². The van der Waals surface area contributed by atoms with E-state index < -0.39 is 0 Å². The van der Waals surface area contributed by atoms with Crippen LogP contribution in [0.4, 0.5) is 5.69 Å². The van der Waals surface area contributed by atoms with Crippen molar-refractivity contribution in [1.29, 1.82) is 0 Å². The van der Waals surface area contributed by atoms with Crippen LogP contribution in [0.2, 0.25) is 0 Å². The molecule has 0 saturated carbocycles. The first-order chi connectivity index (χ1) is 13.1. The van der Waals surface area contributed by atoms with E-state index in [2.05, 4.69) is 22.3 Å². The lowest BCUT2D eigenvalue weighted by molar-refractivity contribution is -0.116. The van der Waals surface area contributed by atoms with Crippen LogP contribution in [-0.4, -0.2) is 43.7 Å². The van der Waals surface area contributed by atoms with Gasteiger partial charge in [0.15, 0.2) is 0 Å². The molecule has 0 atom stereocenters. The molecule has 1 N–H and O–H groups in total. The number of hydrogen-bond donors (Lipinski definition) is 1. The van der Waals surface area contributed by atoms with Crippen molar-refractivity contribution in [3.63, 3.8) is 0 Å². The van der Waals surface area contributed by atoms with Crippen LogP contribution in [0.15, 0.2) is 42.5 Å². The zero-order valence-corrected chi connectivity index (χ0v) is 16.2. The van der Waals surface area contributed by atoms with E-state index >= 15 is 0 Å². The molecule has 3 rings (SSSR count). The third-order valence-electron chi connectivity index (χ3n) is 4.58. The SMILES string of the molecule is Cc1cc(C)cc(OCCC(=O)Nc2ccccc2CN2CCOCC2)c1. The highest BCUT2D eigenvalue weighted by Crippen LogP contribution is 2.19. The Morgan fingerprint density at radius 1 is 1.11 bits per heavy atom. The van der Waals surface area contributed by atoms with E-state index in [4.69, 9.17) is 9.47 Å². The van der Waals surface area contributed by atoms with Crippen LogP contribution in [0.5, 0.6) is 5.75 Å². The first-order valence-corrected chi connectivity index (χ1v) is 9.49. The van der Waals surface area contributed by atoms with Crippen LogP contribution in [0.1, 0.15) is 23.1 Å². The van der Waals surface area contributed by atoms with E-state index in [9.17, 15) is 4.79 Å². The smallest absolute Gasteiger partial charge is 0.227 e. The minimum absolute atomic E-state index is 0.0335. The summed E-state index contributed by atoms with van der Waals surface area (Å²) in [6, 6.07) is 14.1. The van der Waals surface area contributed by atoms with E-state index in [1.807, 2.05) is 44.2 Å². The minimum Gasteiger partial charge on any atom is -0.493 e. The van der Waals surface area contributed by atoms with Gasteiger partial charge in [0.2, 0.25) is 5.91 Å². The molecular formula is C22H28N2O3. The van der Waals surface area contributed by atoms with Crippen LogP contribution in [0.3, 0.4) is 0 Å². The number of nitrogens with one attached hydrogen (secondary N) is 1. The molecule has 0 spiro atoms. The fourth-order valence-corrected chi connectivity index (χ4v) is 3.27. The summed E-state index contributed by atoms with van der Waals surface area (Å²) in [4.78, 5) is 14.7. The Balaban J connectivity index is 1.51. The molecule has 1 aliphatic rings. The zero-order chi connectivity index (χ0) is 19.1. The summed E-state index contributed by atoms with van der Waals surface area (Å²) in [7, 11) is 0. The number of aryl methyl sites for hydroxylation is 2. The first kappa shape index (κ1) is 19.4. The summed E-state index contributed by atoms with van der Waals surface area (Å²) in [6.45, 7) is 8.64. The Morgan fingerprint density at radius 3 is 2.56 bits per heavy atom. The molecule has 1 aliphatic heterocycles. The highest BCUT2D eigenvalue weighted by atomic mass is 16.5. The molecule has 5 nitrogen and oxygen atoms in total. The molecule has 1 saturated heterocycles. The van der Waals surface area contributed by atoms with Crippen molar-refractivity contribution in [3.05, 3.63) is 59.2 Å². The summed E-state index contributed by atoms with van der Waals surface area (Å²) < 4.78 is 11.1. The lowest BCUT2D eigenvalue weighted by Crippen LogP contribution is -2.35. The van der Waals surface area contributed by atoms with Crippen LogP contribution in [-0.2, 0) is 16.1 Å². The number of para-hydroxylation sites is 1. The number of ether oxygens (including phenoxy) is 2. The first-order valence-electron chi connectivity index (χ1n) is 9.49. The maximum Gasteiger partial charge on any atom is 0.227 e. The van der Waals surface area contributed by atoms with E-state index in [1.165, 1.54) is 0 Å². The second-order valence-corrected chi connectivity index (χ2v) is 7.02. The van der Waals surface area contributed by atoms with Gasteiger partial charge in [-0.3, -0.25) is 9.69 Å². The number of anilines is 1. The van der Waals surface area contributed by atoms with Crippen molar-refractivity contribution in [2.75, 3.05) is 38.2 Å². The maximum absolute atomic E-state index is 12.4. The summed E-state index contributed by atoms with van der Waals surface area (Å²) >= 11 is 0. The molecule has 27 heavy (non-hydrogen) atoms. The molecule has 0 radical (unpaired) electrons. The molecule has 5 heteroatoms. The van der Waals surface area contributed by atoms with Crippen molar-refractivity contribution in [2.45, 2.75) is 26.8 Å². The van der Waals surface area contributed by atoms with Gasteiger partial charge in [0.25, 0.3) is 0 Å². The van der Waals surface area contributed by atoms with Gasteiger partial charge in [-0.1, -0.05) is 24.3 Å². The summed E-state index contributed by atoms with van der Waals surface area (Å²) in [5, 5.41) is 3.03. The molecule has 144 valence electrons. The highest BCUT2D eigenvalue weighted by molar-refractivity contribution is 5.91. The standard InChI is InChI=1S/C22H28N2O3/c1-17-13-18(2)15-20(14-17)27-10-7-22(25)23-21-6-4-3-5-19(21)16-24-8-11-26-12-9-24/h3-6,13-15H,7-12,16H2,1-2H3,(H,23,25). The second kappa shape index (κ2) is 9.53. The molecule has 0 bridgehead atoms. The lowest BCUT2D eigenvalue weighted by Gasteiger charge is -2.27. The molecule has 2 aromatic carbocycles. The number of rotatable bonds is 7.